The molecule has 1 aromatic heterocycles. The van der Waals surface area contributed by atoms with Crippen molar-refractivity contribution in [3.05, 3.63) is 46.1 Å². The number of aryl methyl sites for hydroxylation is 1. The van der Waals surface area contributed by atoms with Crippen molar-refractivity contribution in [2.75, 3.05) is 11.5 Å². The van der Waals surface area contributed by atoms with Gasteiger partial charge in [0.05, 0.1) is 0 Å². The van der Waals surface area contributed by atoms with E-state index in [0.29, 0.717) is 21.4 Å². The number of aliphatic carboxylic acids is 1. The number of β-lactam (4-membered cyclic amide) rings is 1. The van der Waals surface area contributed by atoms with E-state index in [1.54, 1.807) is 0 Å². The van der Waals surface area contributed by atoms with Crippen molar-refractivity contribution in [2.24, 2.45) is 5.73 Å². The molecule has 1 saturated heterocycles. The van der Waals surface area contributed by atoms with Gasteiger partial charge in [0.1, 0.15) is 33.9 Å². The standard InChI is InChI=1S/C21H22N8O6S3/c1-8-27-28-21(38-8)37-7-10-6-36-17-13(16(32)29(17)14(10)18(33)34)24-15(31)12(25-20(35)26-19(22)23)9-3-2-4-11(30)5-9/h2-5,12-13,17,30H,6-7H2,1H3,(H,24,31)(H,33,34)(H5,22,23,25,26,35)/t12?,13?,17-/m0/s1. The van der Waals surface area contributed by atoms with Crippen LogP contribution in [0.4, 0.5) is 4.79 Å². The summed E-state index contributed by atoms with van der Waals surface area (Å²) >= 11 is 4.03. The van der Waals surface area contributed by atoms with Crippen LogP contribution in [0.5, 0.6) is 5.75 Å². The second-order valence-corrected chi connectivity index (χ2v) is 11.6. The molecule has 14 nitrogen and oxygen atoms in total. The first-order valence-electron chi connectivity index (χ1n) is 10.9. The Labute approximate surface area is 227 Å². The van der Waals surface area contributed by atoms with Gasteiger partial charge < -0.3 is 26.6 Å². The Morgan fingerprint density at radius 3 is 2.74 bits per heavy atom. The highest BCUT2D eigenvalue weighted by Gasteiger charge is 2.54. The highest BCUT2D eigenvalue weighted by atomic mass is 32.2. The zero-order valence-electron chi connectivity index (χ0n) is 19.6. The summed E-state index contributed by atoms with van der Waals surface area (Å²) in [5, 5.41) is 41.9. The molecule has 0 saturated carbocycles. The molecule has 2 unspecified atom stereocenters. The van der Waals surface area contributed by atoms with Crippen molar-refractivity contribution in [3.8, 4) is 5.75 Å². The number of guanidine groups is 1. The van der Waals surface area contributed by atoms with Crippen LogP contribution in [0, 0.1) is 12.3 Å². The number of hydrogen-bond acceptors (Lipinski definition) is 11. The minimum Gasteiger partial charge on any atom is -0.508 e. The molecule has 17 heteroatoms. The maximum atomic E-state index is 13.2. The zero-order valence-corrected chi connectivity index (χ0v) is 22.1. The van der Waals surface area contributed by atoms with E-state index in [4.69, 9.17) is 11.1 Å². The van der Waals surface area contributed by atoms with E-state index in [2.05, 4.69) is 20.8 Å². The fraction of sp³-hybridized carbons (Fsp3) is 0.286. The highest BCUT2D eigenvalue weighted by Crippen LogP contribution is 2.42. The first-order valence-corrected chi connectivity index (χ1v) is 13.7. The van der Waals surface area contributed by atoms with Crippen LogP contribution in [0.1, 0.15) is 16.6 Å². The smallest absolute Gasteiger partial charge is 0.352 e. The molecular weight excluding hydrogens is 556 g/mol. The number of nitrogens with two attached hydrogens (primary N) is 1. The number of carboxylic acid groups (broad SMARTS) is 1. The average Bonchev–Trinajstić information content (AvgIpc) is 3.28. The van der Waals surface area contributed by atoms with E-state index >= 15 is 0 Å². The summed E-state index contributed by atoms with van der Waals surface area (Å²) in [7, 11) is 0. The average molecular weight is 579 g/mol. The molecule has 1 fully saturated rings. The second kappa shape index (κ2) is 11.3. The summed E-state index contributed by atoms with van der Waals surface area (Å²) in [5.74, 6) is -2.81. The van der Waals surface area contributed by atoms with Crippen LogP contribution in [-0.2, 0) is 14.4 Å². The summed E-state index contributed by atoms with van der Waals surface area (Å²) in [6.45, 7) is 1.81. The third kappa shape index (κ3) is 5.84. The Balaban J connectivity index is 1.50. The number of carbonyl (C=O) groups is 4. The van der Waals surface area contributed by atoms with Crippen molar-refractivity contribution < 1.29 is 29.4 Å². The number of hydrogen-bond donors (Lipinski definition) is 7. The predicted molar refractivity (Wildman–Crippen MR) is 139 cm³/mol. The number of carboxylic acids is 1. The molecule has 0 spiro atoms. The maximum absolute atomic E-state index is 13.2. The maximum Gasteiger partial charge on any atom is 0.352 e. The van der Waals surface area contributed by atoms with E-state index in [9.17, 15) is 29.4 Å². The Morgan fingerprint density at radius 2 is 2.11 bits per heavy atom. The van der Waals surface area contributed by atoms with Crippen LogP contribution in [0.25, 0.3) is 0 Å². The Morgan fingerprint density at radius 1 is 1.34 bits per heavy atom. The lowest BCUT2D eigenvalue weighted by Gasteiger charge is -2.49. The van der Waals surface area contributed by atoms with Gasteiger partial charge in [-0.3, -0.25) is 25.2 Å². The van der Waals surface area contributed by atoms with Gasteiger partial charge in [-0.25, -0.2) is 9.59 Å². The highest BCUT2D eigenvalue weighted by molar-refractivity contribution is 8.01. The number of amides is 4. The molecule has 3 atom stereocenters. The first kappa shape index (κ1) is 27.2. The molecule has 4 rings (SSSR count). The molecule has 2 aliphatic heterocycles. The molecule has 3 heterocycles. The van der Waals surface area contributed by atoms with Crippen LogP contribution < -0.4 is 21.7 Å². The van der Waals surface area contributed by atoms with Gasteiger partial charge in [0.2, 0.25) is 5.91 Å². The number of urea groups is 1. The quantitative estimate of drug-likeness (QED) is 0.0977. The number of nitrogens with one attached hydrogen (secondary N) is 4. The number of rotatable bonds is 8. The third-order valence-corrected chi connectivity index (χ3v) is 8.81. The number of fused-ring (bicyclic) bond motifs is 1. The van der Waals surface area contributed by atoms with Crippen molar-refractivity contribution >= 4 is 64.6 Å². The number of thioether (sulfide) groups is 2. The van der Waals surface area contributed by atoms with Crippen LogP contribution in [0.15, 0.2) is 39.9 Å². The van der Waals surface area contributed by atoms with E-state index in [-0.39, 0.29) is 17.0 Å². The normalized spacial score (nSPS) is 19.2. The lowest BCUT2D eigenvalue weighted by molar-refractivity contribution is -0.150. The van der Waals surface area contributed by atoms with Crippen molar-refractivity contribution in [1.29, 1.82) is 5.41 Å². The Hall–Kier alpha value is -3.83. The molecular formula is C21H22N8O6S3. The van der Waals surface area contributed by atoms with E-state index < -0.39 is 47.2 Å². The largest absolute Gasteiger partial charge is 0.508 e. The van der Waals surface area contributed by atoms with Gasteiger partial charge in [-0.1, -0.05) is 35.2 Å². The fourth-order valence-corrected chi connectivity index (χ4v) is 7.11. The topological polar surface area (TPSA) is 224 Å². The molecule has 8 N–H and O–H groups in total. The lowest BCUT2D eigenvalue weighted by Crippen LogP contribution is -2.71. The van der Waals surface area contributed by atoms with Gasteiger partial charge in [0.25, 0.3) is 5.91 Å². The number of phenolic OH excluding ortho intramolecular Hbond substituents is 1. The van der Waals surface area contributed by atoms with Crippen molar-refractivity contribution in [2.45, 2.75) is 28.7 Å². The Kier molecular flexibility index (Phi) is 8.08. The number of phenols is 1. The monoisotopic (exact) mass is 578 g/mol. The second-order valence-electron chi connectivity index (χ2n) is 8.07. The van der Waals surface area contributed by atoms with Gasteiger partial charge in [0, 0.05) is 11.5 Å². The molecule has 38 heavy (non-hydrogen) atoms. The van der Waals surface area contributed by atoms with Gasteiger partial charge in [-0.05, 0) is 30.2 Å². The van der Waals surface area contributed by atoms with Crippen molar-refractivity contribution in [1.82, 2.24) is 31.0 Å². The van der Waals surface area contributed by atoms with Gasteiger partial charge in [-0.2, -0.15) is 0 Å². The van der Waals surface area contributed by atoms with Crippen LogP contribution >= 0.6 is 34.9 Å². The molecule has 0 radical (unpaired) electrons. The summed E-state index contributed by atoms with van der Waals surface area (Å²) in [6.07, 6.45) is 0. The van der Waals surface area contributed by atoms with Gasteiger partial charge in [-0.15, -0.1) is 22.0 Å². The van der Waals surface area contributed by atoms with Crippen molar-refractivity contribution in [3.63, 3.8) is 0 Å². The number of carbonyl (C=O) groups excluding carboxylic acids is 3. The van der Waals surface area contributed by atoms with Crippen LogP contribution in [-0.4, -0.2) is 78.0 Å². The molecule has 2 aromatic rings. The van der Waals surface area contributed by atoms with E-state index in [1.165, 1.54) is 59.1 Å². The summed E-state index contributed by atoms with van der Waals surface area (Å²) in [5.41, 5.74) is 5.81. The first-order chi connectivity index (χ1) is 18.0. The molecule has 0 bridgehead atoms. The Bertz CT molecular complexity index is 1350. The molecule has 1 aromatic carbocycles. The van der Waals surface area contributed by atoms with Gasteiger partial charge in [0.15, 0.2) is 10.3 Å². The summed E-state index contributed by atoms with van der Waals surface area (Å²) in [4.78, 5) is 51.6. The molecule has 2 aliphatic rings. The lowest BCUT2D eigenvalue weighted by atomic mass is 10.0. The number of benzene rings is 1. The predicted octanol–water partition coefficient (Wildman–Crippen LogP) is 0.317. The fourth-order valence-electron chi connectivity index (χ4n) is 3.81. The summed E-state index contributed by atoms with van der Waals surface area (Å²) < 4.78 is 0.686. The van der Waals surface area contributed by atoms with Crippen LogP contribution in [0.3, 0.4) is 0 Å². The van der Waals surface area contributed by atoms with E-state index in [0.717, 1.165) is 9.91 Å². The minimum atomic E-state index is -1.35. The van der Waals surface area contributed by atoms with Crippen LogP contribution in [0.2, 0.25) is 0 Å². The number of nitrogens with zero attached hydrogens (tertiary/aromatic N) is 3. The SMILES string of the molecule is Cc1nnc(SCC2=C(C(=O)O)N3C(=O)C(NC(=O)C(NC(=O)NC(=N)N)c4cccc(O)c4)[C@@H]3SC2)s1. The zero-order chi connectivity index (χ0) is 27.6. The van der Waals surface area contributed by atoms with E-state index in [1.807, 2.05) is 12.2 Å². The molecule has 0 aliphatic carbocycles. The summed E-state index contributed by atoms with van der Waals surface area (Å²) in [6, 6.07) is 2.25. The van der Waals surface area contributed by atoms with Gasteiger partial charge >= 0.3 is 12.0 Å². The molecule has 4 amide bonds. The molecule has 200 valence electrons. The third-order valence-electron chi connectivity index (χ3n) is 5.41. The number of aromatic nitrogens is 2. The number of aromatic hydroxyl groups is 1. The minimum absolute atomic E-state index is 0.124.